The second-order valence-corrected chi connectivity index (χ2v) is 32.4. The Morgan fingerprint density at radius 3 is 1.41 bits per heavy atom. The van der Waals surface area contributed by atoms with E-state index in [1.165, 1.54) is 30.5 Å². The number of nitrogens with one attached hydrogen (secondary N) is 13. The van der Waals surface area contributed by atoms with Crippen molar-refractivity contribution in [3.63, 3.8) is 0 Å². The van der Waals surface area contributed by atoms with Crippen LogP contribution in [0.25, 0.3) is 0 Å². The molecule has 0 spiro atoms. The number of halogens is 1. The predicted octanol–water partition coefficient (Wildman–Crippen LogP) is -7.02. The minimum absolute atomic E-state index is 0.0203. The summed E-state index contributed by atoms with van der Waals surface area (Å²) in [7, 11) is 3.79. The number of carboxylic acids is 1. The number of nitrogens with two attached hydrogens (primary N) is 4. The van der Waals surface area contributed by atoms with Crippen LogP contribution in [-0.4, -0.2) is 362 Å². The van der Waals surface area contributed by atoms with Crippen LogP contribution in [-0.2, 0) is 131 Å². The zero-order valence-electron chi connectivity index (χ0n) is 70.2. The minimum Gasteiger partial charge on any atom is -0.481 e. The van der Waals surface area contributed by atoms with Crippen LogP contribution in [0.1, 0.15) is 49.7 Å². The van der Waals surface area contributed by atoms with Crippen LogP contribution in [0.2, 0.25) is 0 Å². The van der Waals surface area contributed by atoms with Gasteiger partial charge in [-0.25, -0.2) is 4.39 Å². The lowest BCUT2D eigenvalue weighted by atomic mass is 10.0. The Bertz CT molecular complexity index is 3750. The Morgan fingerprint density at radius 2 is 0.890 bits per heavy atom. The molecule has 127 heavy (non-hydrogen) atoms. The molecular weight excluding hydrogens is 1760 g/mol. The van der Waals surface area contributed by atoms with Gasteiger partial charge in [0, 0.05) is 68.7 Å². The number of oxime groups is 1. The quantitative estimate of drug-likeness (QED) is 0.00962. The van der Waals surface area contributed by atoms with Gasteiger partial charge in [0.05, 0.1) is 131 Å². The van der Waals surface area contributed by atoms with Crippen molar-refractivity contribution in [1.82, 2.24) is 69.1 Å². The van der Waals surface area contributed by atoms with E-state index in [0.717, 1.165) is 43.2 Å². The number of nitrogens with zero attached hydrogens (tertiary/aromatic N) is 2. The summed E-state index contributed by atoms with van der Waals surface area (Å²) in [4.78, 5) is 210. The van der Waals surface area contributed by atoms with E-state index in [1.807, 2.05) is 0 Å². The van der Waals surface area contributed by atoms with Crippen molar-refractivity contribution >= 4 is 144 Å². The van der Waals surface area contributed by atoms with Crippen LogP contribution >= 0.6 is 43.2 Å². The number of hydrogen-bond acceptors (Lipinski definition) is 33. The van der Waals surface area contributed by atoms with E-state index in [-0.39, 0.29) is 192 Å². The van der Waals surface area contributed by atoms with Crippen molar-refractivity contribution in [2.24, 2.45) is 33.1 Å². The van der Waals surface area contributed by atoms with Gasteiger partial charge in [0.2, 0.25) is 76.8 Å². The first-order valence-electron chi connectivity index (χ1n) is 40.5. The van der Waals surface area contributed by atoms with Gasteiger partial charge in [0.25, 0.3) is 5.91 Å². The van der Waals surface area contributed by atoms with Gasteiger partial charge >= 0.3 is 5.97 Å². The number of benzene rings is 2. The number of hydrogen-bond donors (Lipinski definition) is 18. The summed E-state index contributed by atoms with van der Waals surface area (Å²) in [5.74, 6) is -14.5. The number of fused-ring (bicyclic) bond motifs is 5. The summed E-state index contributed by atoms with van der Waals surface area (Å²) in [6.07, 6.45) is 0.249. The SMILES string of the molecule is NC(=O)COCC(=O)NCCOCCOCCOCCNC(=O)[C@@H]1CSSC[C@H](N)C(=O)N[C@@H](CCCCNC(=O)COCC(=O)NCCOCCOCCOCCOCCOCCNC(=O)CO/N=C/c2ccc(F)cc2)C(=O)N[C@H]2CSSC[C@H](NC(=O)[C@H](CC(=O)O)NC(=O)CNC(=O)[C@H](CCCN=C(N)N)NC2=O)C(=O)N[C@@H](Cc2ccccc2)C(=O)N1. The fourth-order valence-electron chi connectivity index (χ4n) is 10.6. The summed E-state index contributed by atoms with van der Waals surface area (Å²) in [5, 5.41) is 47.2. The van der Waals surface area contributed by atoms with Crippen molar-refractivity contribution in [2.45, 2.75) is 93.3 Å². The Labute approximate surface area is 748 Å². The summed E-state index contributed by atoms with van der Waals surface area (Å²) in [6, 6.07) is 1.75. The molecule has 2 fully saturated rings. The van der Waals surface area contributed by atoms with Gasteiger partial charge in [-0.3, -0.25) is 76.9 Å². The molecule has 2 saturated heterocycles. The predicted molar refractivity (Wildman–Crippen MR) is 463 cm³/mol. The highest BCUT2D eigenvalue weighted by molar-refractivity contribution is 8.77. The molecule has 14 amide bonds. The maximum Gasteiger partial charge on any atom is 0.305 e. The lowest BCUT2D eigenvalue weighted by Crippen LogP contribution is -2.60. The zero-order chi connectivity index (χ0) is 92.4. The average molecular weight is 1880 g/mol. The fraction of sp³-hybridized carbons (Fsp3) is 0.618. The monoisotopic (exact) mass is 1880 g/mol. The third-order valence-corrected chi connectivity index (χ3v) is 21.8. The lowest BCUT2D eigenvalue weighted by Gasteiger charge is -2.27. The molecule has 2 bridgehead atoms. The molecule has 8 atom stereocenters. The first kappa shape index (κ1) is 109. The number of rotatable bonds is 56. The molecule has 4 rings (SSSR count). The van der Waals surface area contributed by atoms with Crippen LogP contribution in [0, 0.1) is 5.82 Å². The Balaban J connectivity index is 1.36. The standard InChI is InChI=1S/C76H118FN19O27S4/c77-52-13-11-51(12-14-52)39-89-123-45-66(102)85-19-23-115-27-31-119-34-36-120-35-33-118-30-26-114-22-18-84-65(101)44-122-43-63(99)82-15-5-4-9-55-71(108)95-59-48-126-127-49-60(96-73(110)57(38-67(103)104)90-62(98)40-88-69(106)54(92-74(59)111)10-6-16-87-76(80)81)75(112)93-56(37-50-7-2-1-3-8-50)72(109)94-58(47-125-124-46-53(78)68(105)91-55)70(107)86-20-24-116-28-32-117-29-25-113-21-17-83-64(100)42-121-41-61(79)97/h1-3,7-8,11-14,39,53-60H,4-6,9-10,15-38,40-49,78H2,(H2,79,97)(H,82,99)(H,83,100)(H,84,101)(H,85,102)(H,86,107)(H,88,106)(H,90,98)(H,91,105)(H,92,111)(H,93,112)(H,94,109)(H,95,108)(H,96,110)(H,103,104)(H4,80,81,87)/b89-39+/t53-,54-,55-,56-,57-,58-,59-,60-/m0/s1. The molecule has 2 heterocycles. The number of ether oxygens (including phenoxy) is 10. The van der Waals surface area contributed by atoms with Gasteiger partial charge in [-0.2, -0.15) is 0 Å². The smallest absolute Gasteiger partial charge is 0.305 e. The third-order valence-electron chi connectivity index (χ3n) is 16.9. The summed E-state index contributed by atoms with van der Waals surface area (Å²) in [6.45, 7) is 1.08. The fourth-order valence-corrected chi connectivity index (χ4v) is 15.2. The normalized spacial score (nSPS) is 19.1. The molecule has 0 radical (unpaired) electrons. The number of unbranched alkanes of at least 4 members (excludes halogenated alkanes) is 1. The molecule has 22 N–H and O–H groups in total. The van der Waals surface area contributed by atoms with E-state index in [9.17, 15) is 81.4 Å². The van der Waals surface area contributed by atoms with E-state index >= 15 is 0 Å². The molecule has 2 aromatic carbocycles. The topological polar surface area (TPSA) is 663 Å². The Kier molecular flexibility index (Phi) is 58.8. The number of primary amides is 1. The number of carbonyl (C=O) groups excluding carboxylic acids is 14. The van der Waals surface area contributed by atoms with Crippen molar-refractivity contribution in [3.05, 3.63) is 71.5 Å². The highest BCUT2D eigenvalue weighted by Gasteiger charge is 2.36. The van der Waals surface area contributed by atoms with E-state index in [0.29, 0.717) is 50.8 Å². The number of carboxylic acid groups (broad SMARTS) is 1. The van der Waals surface area contributed by atoms with Crippen molar-refractivity contribution in [3.8, 4) is 0 Å². The average Bonchev–Trinajstić information content (AvgIpc) is 1.47. The van der Waals surface area contributed by atoms with Gasteiger partial charge in [-0.05, 0) is 55.4 Å². The number of guanidine groups is 1. The number of carbonyl (C=O) groups is 15. The van der Waals surface area contributed by atoms with E-state index in [2.05, 4.69) is 79.3 Å². The lowest BCUT2D eigenvalue weighted by molar-refractivity contribution is -0.141. The molecule has 0 unspecified atom stereocenters. The molecule has 51 heteroatoms. The third kappa shape index (κ3) is 54.1. The van der Waals surface area contributed by atoms with E-state index < -0.39 is 170 Å². The first-order chi connectivity index (χ1) is 61.3. The van der Waals surface area contributed by atoms with Crippen LogP contribution in [0.5, 0.6) is 0 Å². The molecule has 2 aromatic rings. The number of aliphatic imine (C=N–C) groups is 1. The highest BCUT2D eigenvalue weighted by atomic mass is 33.1. The van der Waals surface area contributed by atoms with Gasteiger partial charge in [-0.15, -0.1) is 0 Å². The number of amides is 14. The highest BCUT2D eigenvalue weighted by Crippen LogP contribution is 2.25. The van der Waals surface area contributed by atoms with Crippen molar-refractivity contribution < 1.29 is 134 Å². The molecule has 0 aliphatic carbocycles. The molecule has 46 nitrogen and oxygen atoms in total. The molecule has 710 valence electrons. The van der Waals surface area contributed by atoms with Crippen LogP contribution in [0.4, 0.5) is 4.39 Å². The Morgan fingerprint density at radius 1 is 0.449 bits per heavy atom. The number of aliphatic carboxylic acids is 1. The minimum atomic E-state index is -1.87. The van der Waals surface area contributed by atoms with Gasteiger partial charge < -0.3 is 149 Å². The van der Waals surface area contributed by atoms with E-state index in [1.54, 1.807) is 30.3 Å². The maximum absolute atomic E-state index is 14.8. The van der Waals surface area contributed by atoms with Crippen LogP contribution in [0.3, 0.4) is 0 Å². The van der Waals surface area contributed by atoms with E-state index in [4.69, 9.17) is 75.1 Å². The van der Waals surface area contributed by atoms with Crippen LogP contribution < -0.4 is 92.1 Å². The van der Waals surface area contributed by atoms with Crippen LogP contribution in [0.15, 0.2) is 64.7 Å². The summed E-state index contributed by atoms with van der Waals surface area (Å²) >= 11 is 0. The second-order valence-electron chi connectivity index (χ2n) is 27.3. The van der Waals surface area contributed by atoms with Crippen molar-refractivity contribution in [2.75, 3.05) is 208 Å². The second kappa shape index (κ2) is 68.3. The largest absolute Gasteiger partial charge is 0.481 e. The summed E-state index contributed by atoms with van der Waals surface area (Å²) in [5.41, 5.74) is 23.7. The van der Waals surface area contributed by atoms with Crippen molar-refractivity contribution in [1.29, 1.82) is 0 Å². The molecule has 2 aliphatic rings. The first-order valence-corrected chi connectivity index (χ1v) is 45.5. The van der Waals surface area contributed by atoms with Gasteiger partial charge in [-0.1, -0.05) is 90.8 Å². The summed E-state index contributed by atoms with van der Waals surface area (Å²) < 4.78 is 67.1. The molecule has 2 aliphatic heterocycles. The zero-order valence-corrected chi connectivity index (χ0v) is 73.5. The molecule has 0 aromatic heterocycles. The maximum atomic E-state index is 14.8. The Hall–Kier alpha value is -9.88. The van der Waals surface area contributed by atoms with Gasteiger partial charge in [0.1, 0.15) is 74.5 Å². The van der Waals surface area contributed by atoms with Gasteiger partial charge in [0.15, 0.2) is 12.6 Å². The molecular formula is C76H118FN19O27S4. The molecule has 0 saturated carbocycles.